The third kappa shape index (κ3) is 3.25. The Labute approximate surface area is 122 Å². The van der Waals surface area contributed by atoms with E-state index in [1.54, 1.807) is 17.5 Å². The lowest BCUT2D eigenvalue weighted by Gasteiger charge is -2.05. The average Bonchev–Trinajstić information content (AvgIpc) is 2.79. The molecule has 3 nitrogen and oxygen atoms in total. The van der Waals surface area contributed by atoms with Gasteiger partial charge in [-0.15, -0.1) is 11.3 Å². The third-order valence-corrected chi connectivity index (χ3v) is 4.44. The van der Waals surface area contributed by atoms with Crippen LogP contribution in [0.5, 0.6) is 0 Å². The summed E-state index contributed by atoms with van der Waals surface area (Å²) in [5, 5.41) is 14.3. The molecule has 0 saturated carbocycles. The zero-order chi connectivity index (χ0) is 13.1. The lowest BCUT2D eigenvalue weighted by molar-refractivity contribution is 0.0697. The molecule has 0 fully saturated rings. The fourth-order valence-electron chi connectivity index (χ4n) is 1.38. The van der Waals surface area contributed by atoms with Gasteiger partial charge in [0.1, 0.15) is 0 Å². The quantitative estimate of drug-likeness (QED) is 0.858. The second-order valence-electron chi connectivity index (χ2n) is 3.59. The molecule has 0 unspecified atom stereocenters. The van der Waals surface area contributed by atoms with Gasteiger partial charge in [-0.05, 0) is 40.2 Å². The van der Waals surface area contributed by atoms with Gasteiger partial charge in [-0.25, -0.2) is 4.79 Å². The van der Waals surface area contributed by atoms with E-state index >= 15 is 0 Å². The highest BCUT2D eigenvalue weighted by Gasteiger charge is 2.06. The maximum Gasteiger partial charge on any atom is 0.336 e. The van der Waals surface area contributed by atoms with Crippen molar-refractivity contribution in [1.82, 2.24) is 0 Å². The summed E-state index contributed by atoms with van der Waals surface area (Å²) in [6.45, 7) is 0.589. The van der Waals surface area contributed by atoms with Crippen LogP contribution in [0, 0.1) is 0 Å². The average molecular weight is 347 g/mol. The van der Waals surface area contributed by atoms with Crippen molar-refractivity contribution in [2.75, 3.05) is 5.32 Å². The van der Waals surface area contributed by atoms with Crippen molar-refractivity contribution in [2.45, 2.75) is 6.54 Å². The number of hydrogen-bond acceptors (Lipinski definition) is 3. The number of rotatable bonds is 4. The summed E-state index contributed by atoms with van der Waals surface area (Å²) < 4.78 is 0.826. The summed E-state index contributed by atoms with van der Waals surface area (Å²) in [5.41, 5.74) is 1.26. The number of carboxylic acid groups (broad SMARTS) is 1. The molecule has 0 saturated heterocycles. The molecule has 1 aromatic heterocycles. The molecular weight excluding hydrogens is 338 g/mol. The predicted molar refractivity (Wildman–Crippen MR) is 77.8 cm³/mol. The van der Waals surface area contributed by atoms with E-state index in [0.29, 0.717) is 17.1 Å². The number of carbonyl (C=O) groups is 1. The van der Waals surface area contributed by atoms with Crippen molar-refractivity contribution in [3.05, 3.63) is 49.6 Å². The van der Waals surface area contributed by atoms with Gasteiger partial charge in [-0.2, -0.15) is 0 Å². The van der Waals surface area contributed by atoms with E-state index in [1.807, 2.05) is 12.1 Å². The molecule has 0 amide bonds. The van der Waals surface area contributed by atoms with Crippen molar-refractivity contribution >= 4 is 50.5 Å². The molecule has 0 aliphatic rings. The van der Waals surface area contributed by atoms with E-state index in [2.05, 4.69) is 21.2 Å². The Morgan fingerprint density at radius 1 is 1.44 bits per heavy atom. The van der Waals surface area contributed by atoms with Gasteiger partial charge in [0.15, 0.2) is 0 Å². The standard InChI is InChI=1S/C12H9BrClNO2S/c13-10-4-8(1-2-11(10)14)15-5-9-3-7(6-18-9)12(16)17/h1-4,6,15H,5H2,(H,16,17). The van der Waals surface area contributed by atoms with Crippen LogP contribution in [0.2, 0.25) is 5.02 Å². The first-order valence-electron chi connectivity index (χ1n) is 5.06. The van der Waals surface area contributed by atoms with Crippen molar-refractivity contribution in [1.29, 1.82) is 0 Å². The molecule has 0 aliphatic carbocycles. The lowest BCUT2D eigenvalue weighted by Crippen LogP contribution is -1.98. The maximum atomic E-state index is 10.7. The van der Waals surface area contributed by atoms with Crippen LogP contribution in [0.3, 0.4) is 0 Å². The molecule has 0 aliphatic heterocycles. The van der Waals surface area contributed by atoms with E-state index in [9.17, 15) is 4.79 Å². The second-order valence-corrected chi connectivity index (χ2v) is 5.85. The number of benzene rings is 1. The van der Waals surface area contributed by atoms with Gasteiger partial charge in [0.25, 0.3) is 0 Å². The minimum atomic E-state index is -0.897. The normalized spacial score (nSPS) is 10.3. The number of carboxylic acids is 1. The zero-order valence-electron chi connectivity index (χ0n) is 9.11. The van der Waals surface area contributed by atoms with Gasteiger partial charge in [0, 0.05) is 27.0 Å². The fourth-order valence-corrected chi connectivity index (χ4v) is 2.67. The number of halogens is 2. The van der Waals surface area contributed by atoms with Crippen LogP contribution in [0.25, 0.3) is 0 Å². The Balaban J connectivity index is 2.02. The molecule has 18 heavy (non-hydrogen) atoms. The first kappa shape index (κ1) is 13.4. The van der Waals surface area contributed by atoms with Crippen LogP contribution in [0.1, 0.15) is 15.2 Å². The minimum Gasteiger partial charge on any atom is -0.478 e. The highest BCUT2D eigenvalue weighted by Crippen LogP contribution is 2.26. The van der Waals surface area contributed by atoms with Crippen LogP contribution < -0.4 is 5.32 Å². The van der Waals surface area contributed by atoms with Crippen LogP contribution >= 0.6 is 38.9 Å². The largest absolute Gasteiger partial charge is 0.478 e. The molecular formula is C12H9BrClNO2S. The fraction of sp³-hybridized carbons (Fsp3) is 0.0833. The lowest BCUT2D eigenvalue weighted by atomic mass is 10.3. The SMILES string of the molecule is O=C(O)c1csc(CNc2ccc(Cl)c(Br)c2)c1. The third-order valence-electron chi connectivity index (χ3n) is 2.29. The Morgan fingerprint density at radius 2 is 2.22 bits per heavy atom. The van der Waals surface area contributed by atoms with E-state index in [-0.39, 0.29) is 0 Å². The van der Waals surface area contributed by atoms with Crippen molar-refractivity contribution in [3.8, 4) is 0 Å². The maximum absolute atomic E-state index is 10.7. The summed E-state index contributed by atoms with van der Waals surface area (Å²) in [7, 11) is 0. The van der Waals surface area contributed by atoms with Gasteiger partial charge in [-0.3, -0.25) is 0 Å². The molecule has 0 spiro atoms. The molecule has 0 atom stereocenters. The van der Waals surface area contributed by atoms with Crippen LogP contribution in [0.4, 0.5) is 5.69 Å². The first-order chi connectivity index (χ1) is 8.56. The summed E-state index contributed by atoms with van der Waals surface area (Å²) in [4.78, 5) is 11.7. The topological polar surface area (TPSA) is 49.3 Å². The molecule has 0 bridgehead atoms. The molecule has 2 aromatic rings. The zero-order valence-corrected chi connectivity index (χ0v) is 12.3. The monoisotopic (exact) mass is 345 g/mol. The molecule has 0 radical (unpaired) electrons. The predicted octanol–water partition coefficient (Wildman–Crippen LogP) is 4.47. The van der Waals surface area contributed by atoms with E-state index in [1.165, 1.54) is 11.3 Å². The Bertz CT molecular complexity index is 585. The van der Waals surface area contributed by atoms with Gasteiger partial charge in [0.2, 0.25) is 0 Å². The van der Waals surface area contributed by atoms with Gasteiger partial charge in [-0.1, -0.05) is 11.6 Å². The van der Waals surface area contributed by atoms with Crippen molar-refractivity contribution in [3.63, 3.8) is 0 Å². The molecule has 1 heterocycles. The Hall–Kier alpha value is -1.04. The molecule has 2 N–H and O–H groups in total. The number of aromatic carboxylic acids is 1. The van der Waals surface area contributed by atoms with Gasteiger partial charge >= 0.3 is 5.97 Å². The van der Waals surface area contributed by atoms with Crippen molar-refractivity contribution in [2.24, 2.45) is 0 Å². The van der Waals surface area contributed by atoms with E-state index in [4.69, 9.17) is 16.7 Å². The second kappa shape index (κ2) is 5.73. The molecule has 94 valence electrons. The van der Waals surface area contributed by atoms with Crippen LogP contribution in [0.15, 0.2) is 34.1 Å². The first-order valence-corrected chi connectivity index (χ1v) is 7.11. The molecule has 1 aromatic carbocycles. The smallest absolute Gasteiger partial charge is 0.336 e. The minimum absolute atomic E-state index is 0.328. The van der Waals surface area contributed by atoms with Crippen molar-refractivity contribution < 1.29 is 9.90 Å². The van der Waals surface area contributed by atoms with Gasteiger partial charge < -0.3 is 10.4 Å². The Kier molecular flexibility index (Phi) is 4.27. The summed E-state index contributed by atoms with van der Waals surface area (Å²) in [6.07, 6.45) is 0. The number of nitrogens with one attached hydrogen (secondary N) is 1. The van der Waals surface area contributed by atoms with Crippen LogP contribution in [-0.4, -0.2) is 11.1 Å². The number of hydrogen-bond donors (Lipinski definition) is 2. The summed E-state index contributed by atoms with van der Waals surface area (Å²) >= 11 is 10.7. The summed E-state index contributed by atoms with van der Waals surface area (Å²) in [6, 6.07) is 7.23. The van der Waals surface area contributed by atoms with Gasteiger partial charge in [0.05, 0.1) is 10.6 Å². The molecule has 6 heteroatoms. The van der Waals surface area contributed by atoms with Crippen LogP contribution in [-0.2, 0) is 6.54 Å². The highest BCUT2D eigenvalue weighted by atomic mass is 79.9. The molecule has 2 rings (SSSR count). The van der Waals surface area contributed by atoms with E-state index in [0.717, 1.165) is 15.0 Å². The summed E-state index contributed by atoms with van der Waals surface area (Å²) in [5.74, 6) is -0.897. The Morgan fingerprint density at radius 3 is 2.83 bits per heavy atom. The highest BCUT2D eigenvalue weighted by molar-refractivity contribution is 9.10. The number of thiophene rings is 1. The van der Waals surface area contributed by atoms with E-state index < -0.39 is 5.97 Å². The number of anilines is 1.